The summed E-state index contributed by atoms with van der Waals surface area (Å²) in [6.07, 6.45) is 1.17. The number of aryl methyl sites for hydroxylation is 2. The van der Waals surface area contributed by atoms with Gasteiger partial charge in [-0.2, -0.15) is 0 Å². The number of benzene rings is 3. The summed E-state index contributed by atoms with van der Waals surface area (Å²) in [6.45, 7) is 4.17. The summed E-state index contributed by atoms with van der Waals surface area (Å²) in [5.41, 5.74) is 4.88. The first-order valence-corrected chi connectivity index (χ1v) is 13.2. The monoisotopic (exact) mass is 492 g/mol. The van der Waals surface area contributed by atoms with Crippen LogP contribution in [0.5, 0.6) is 0 Å². The second kappa shape index (κ2) is 9.74. The van der Waals surface area contributed by atoms with Gasteiger partial charge >= 0.3 is 0 Å². The molecule has 1 heterocycles. The van der Waals surface area contributed by atoms with Crippen LogP contribution in [-0.4, -0.2) is 30.8 Å². The molecule has 34 heavy (non-hydrogen) atoms. The minimum Gasteiger partial charge on any atom is -0.296 e. The predicted octanol–water partition coefficient (Wildman–Crippen LogP) is 5.04. The number of hydrogen-bond donors (Lipinski definition) is 1. The Bertz CT molecular complexity index is 1410. The Morgan fingerprint density at radius 2 is 1.62 bits per heavy atom. The number of nitrogens with zero attached hydrogens (tertiary/aromatic N) is 3. The van der Waals surface area contributed by atoms with Crippen molar-refractivity contribution in [2.45, 2.75) is 20.4 Å². The van der Waals surface area contributed by atoms with E-state index in [-0.39, 0.29) is 12.5 Å². The fourth-order valence-electron chi connectivity index (χ4n) is 3.38. The molecule has 0 bridgehead atoms. The molecule has 1 N–H and O–H groups in total. The molecule has 3 aromatic carbocycles. The number of amides is 1. The molecule has 0 aliphatic heterocycles. The van der Waals surface area contributed by atoms with E-state index in [1.165, 1.54) is 21.9 Å². The summed E-state index contributed by atoms with van der Waals surface area (Å²) in [7, 11) is -3.52. The van der Waals surface area contributed by atoms with Crippen LogP contribution in [-0.2, 0) is 16.6 Å². The Balaban J connectivity index is 1.49. The van der Waals surface area contributed by atoms with Crippen LogP contribution in [0.3, 0.4) is 0 Å². The van der Waals surface area contributed by atoms with Crippen molar-refractivity contribution in [3.05, 3.63) is 95.1 Å². The third kappa shape index (κ3) is 5.49. The largest absolute Gasteiger partial charge is 0.296 e. The van der Waals surface area contributed by atoms with Crippen molar-refractivity contribution >= 4 is 38.1 Å². The lowest BCUT2D eigenvalue weighted by molar-refractivity contribution is 0.102. The molecular weight excluding hydrogens is 468 g/mol. The Morgan fingerprint density at radius 3 is 2.26 bits per heavy atom. The molecule has 0 unspecified atom stereocenters. The maximum Gasteiger partial charge on any atom is 0.257 e. The van der Waals surface area contributed by atoms with Crippen LogP contribution in [0, 0.1) is 13.8 Å². The van der Waals surface area contributed by atoms with Crippen LogP contribution >= 0.6 is 11.3 Å². The van der Waals surface area contributed by atoms with Gasteiger partial charge in [-0.3, -0.25) is 14.4 Å². The molecule has 9 heteroatoms. The van der Waals surface area contributed by atoms with Crippen LogP contribution in [0.1, 0.15) is 27.0 Å². The average Bonchev–Trinajstić information content (AvgIpc) is 3.27. The fourth-order valence-corrected chi connectivity index (χ4v) is 5.00. The van der Waals surface area contributed by atoms with Crippen LogP contribution in [0.4, 0.5) is 10.8 Å². The van der Waals surface area contributed by atoms with Gasteiger partial charge in [-0.1, -0.05) is 65.4 Å². The van der Waals surface area contributed by atoms with Crippen LogP contribution in [0.15, 0.2) is 72.8 Å². The highest BCUT2D eigenvalue weighted by molar-refractivity contribution is 7.92. The van der Waals surface area contributed by atoms with Gasteiger partial charge in [-0.25, -0.2) is 8.42 Å². The minimum atomic E-state index is -3.52. The summed E-state index contributed by atoms with van der Waals surface area (Å²) in [5.74, 6) is -0.344. The molecule has 4 rings (SSSR count). The summed E-state index contributed by atoms with van der Waals surface area (Å²) in [6, 6.07) is 22.0. The number of rotatable bonds is 7. The van der Waals surface area contributed by atoms with E-state index in [0.29, 0.717) is 21.4 Å². The standard InChI is InChI=1S/C25H24N4O3S2/c1-17-8-10-20(11-9-17)24-27-28-25(33-24)26-23(30)19-12-14-22(15-13-19)29(34(3,31)32)16-21-7-5-4-6-18(21)2/h4-15H,16H2,1-3H3,(H,26,28,30). The maximum atomic E-state index is 12.7. The molecule has 0 radical (unpaired) electrons. The molecule has 0 aliphatic carbocycles. The van der Waals surface area contributed by atoms with Crippen molar-refractivity contribution in [1.29, 1.82) is 0 Å². The number of sulfonamides is 1. The van der Waals surface area contributed by atoms with E-state index in [2.05, 4.69) is 15.5 Å². The van der Waals surface area contributed by atoms with E-state index in [1.54, 1.807) is 24.3 Å². The van der Waals surface area contributed by atoms with Gasteiger partial charge in [-0.05, 0) is 49.2 Å². The van der Waals surface area contributed by atoms with Crippen molar-refractivity contribution in [2.24, 2.45) is 0 Å². The van der Waals surface area contributed by atoms with E-state index < -0.39 is 10.0 Å². The van der Waals surface area contributed by atoms with E-state index in [9.17, 15) is 13.2 Å². The Hall–Kier alpha value is -3.56. The van der Waals surface area contributed by atoms with Gasteiger partial charge in [0.2, 0.25) is 15.2 Å². The predicted molar refractivity (Wildman–Crippen MR) is 137 cm³/mol. The normalized spacial score (nSPS) is 11.3. The van der Waals surface area contributed by atoms with Gasteiger partial charge < -0.3 is 0 Å². The zero-order valence-electron chi connectivity index (χ0n) is 19.0. The zero-order valence-corrected chi connectivity index (χ0v) is 20.7. The number of carbonyl (C=O) groups excluding carboxylic acids is 1. The molecule has 0 aliphatic rings. The van der Waals surface area contributed by atoms with Gasteiger partial charge in [-0.15, -0.1) is 10.2 Å². The first kappa shape index (κ1) is 23.6. The highest BCUT2D eigenvalue weighted by Crippen LogP contribution is 2.27. The Labute approximate surface area is 203 Å². The lowest BCUT2D eigenvalue weighted by Gasteiger charge is -2.23. The van der Waals surface area contributed by atoms with Gasteiger partial charge in [0.1, 0.15) is 5.01 Å². The van der Waals surface area contributed by atoms with E-state index in [1.807, 2.05) is 62.4 Å². The number of aromatic nitrogens is 2. The van der Waals surface area contributed by atoms with Crippen molar-refractivity contribution in [3.8, 4) is 10.6 Å². The topological polar surface area (TPSA) is 92.3 Å². The zero-order chi connectivity index (χ0) is 24.3. The molecule has 174 valence electrons. The Morgan fingerprint density at radius 1 is 0.941 bits per heavy atom. The second-order valence-corrected chi connectivity index (χ2v) is 10.9. The second-order valence-electron chi connectivity index (χ2n) is 7.98. The molecule has 1 aromatic heterocycles. The van der Waals surface area contributed by atoms with Crippen molar-refractivity contribution in [3.63, 3.8) is 0 Å². The number of hydrogen-bond acceptors (Lipinski definition) is 6. The molecule has 0 fully saturated rings. The van der Waals surface area contributed by atoms with Crippen LogP contribution in [0.2, 0.25) is 0 Å². The quantitative estimate of drug-likeness (QED) is 0.390. The molecular formula is C25H24N4O3S2. The molecule has 0 saturated heterocycles. The summed E-state index contributed by atoms with van der Waals surface area (Å²) < 4.78 is 26.3. The average molecular weight is 493 g/mol. The maximum absolute atomic E-state index is 12.7. The van der Waals surface area contributed by atoms with Gasteiger partial charge in [0.05, 0.1) is 18.5 Å². The number of nitrogens with one attached hydrogen (secondary N) is 1. The van der Waals surface area contributed by atoms with Crippen LogP contribution < -0.4 is 9.62 Å². The fraction of sp³-hybridized carbons (Fsp3) is 0.160. The molecule has 0 atom stereocenters. The smallest absolute Gasteiger partial charge is 0.257 e. The summed E-state index contributed by atoms with van der Waals surface area (Å²) in [4.78, 5) is 12.7. The summed E-state index contributed by atoms with van der Waals surface area (Å²) >= 11 is 1.29. The molecule has 0 saturated carbocycles. The molecule has 0 spiro atoms. The van der Waals surface area contributed by atoms with Gasteiger partial charge in [0.25, 0.3) is 5.91 Å². The van der Waals surface area contributed by atoms with Gasteiger partial charge in [0, 0.05) is 11.1 Å². The third-order valence-electron chi connectivity index (χ3n) is 5.34. The molecule has 1 amide bonds. The first-order valence-electron chi connectivity index (χ1n) is 10.5. The highest BCUT2D eigenvalue weighted by atomic mass is 32.2. The minimum absolute atomic E-state index is 0.212. The number of anilines is 2. The van der Waals surface area contributed by atoms with Crippen molar-refractivity contribution in [1.82, 2.24) is 10.2 Å². The third-order valence-corrected chi connectivity index (χ3v) is 7.37. The lowest BCUT2D eigenvalue weighted by atomic mass is 10.1. The van der Waals surface area contributed by atoms with E-state index in [4.69, 9.17) is 0 Å². The van der Waals surface area contributed by atoms with E-state index in [0.717, 1.165) is 22.3 Å². The molecule has 7 nitrogen and oxygen atoms in total. The van der Waals surface area contributed by atoms with Gasteiger partial charge in [0.15, 0.2) is 0 Å². The lowest BCUT2D eigenvalue weighted by Crippen LogP contribution is -2.29. The SMILES string of the molecule is Cc1ccc(-c2nnc(NC(=O)c3ccc(N(Cc4ccccc4C)S(C)(=O)=O)cc3)s2)cc1. The number of carbonyl (C=O) groups is 1. The highest BCUT2D eigenvalue weighted by Gasteiger charge is 2.19. The Kier molecular flexibility index (Phi) is 6.76. The summed E-state index contributed by atoms with van der Waals surface area (Å²) in [5, 5.41) is 12.1. The first-order chi connectivity index (χ1) is 16.2. The van der Waals surface area contributed by atoms with Crippen molar-refractivity contribution in [2.75, 3.05) is 15.9 Å². The van der Waals surface area contributed by atoms with E-state index >= 15 is 0 Å². The molecule has 4 aromatic rings. The van der Waals surface area contributed by atoms with Crippen molar-refractivity contribution < 1.29 is 13.2 Å². The van der Waals surface area contributed by atoms with Crippen LogP contribution in [0.25, 0.3) is 10.6 Å².